The van der Waals surface area contributed by atoms with Gasteiger partial charge in [-0.2, -0.15) is 0 Å². The van der Waals surface area contributed by atoms with Crippen LogP contribution in [-0.2, 0) is 4.74 Å². The van der Waals surface area contributed by atoms with Crippen LogP contribution >= 0.6 is 15.9 Å². The van der Waals surface area contributed by atoms with Gasteiger partial charge in [0.2, 0.25) is 6.79 Å². The molecule has 1 aromatic rings. The van der Waals surface area contributed by atoms with E-state index in [-0.39, 0.29) is 6.79 Å². The van der Waals surface area contributed by atoms with E-state index in [0.29, 0.717) is 21.7 Å². The van der Waals surface area contributed by atoms with Gasteiger partial charge in [-0.15, -0.1) is 0 Å². The topological polar surface area (TPSA) is 56.8 Å². The van der Waals surface area contributed by atoms with Crippen LogP contribution in [0.3, 0.4) is 0 Å². The third kappa shape index (κ3) is 3.07. The molecule has 18 heavy (non-hydrogen) atoms. The van der Waals surface area contributed by atoms with Crippen LogP contribution in [0.5, 0.6) is 11.5 Å². The maximum absolute atomic E-state index is 11.7. The highest BCUT2D eigenvalue weighted by atomic mass is 79.9. The summed E-state index contributed by atoms with van der Waals surface area (Å²) in [4.78, 5) is 11.7. The Balaban J connectivity index is 2.12. The Kier molecular flexibility index (Phi) is 3.38. The summed E-state index contributed by atoms with van der Waals surface area (Å²) < 4.78 is 16.3. The molecule has 1 amide bonds. The average molecular weight is 316 g/mol. The Morgan fingerprint density at radius 2 is 1.94 bits per heavy atom. The van der Waals surface area contributed by atoms with E-state index in [4.69, 9.17) is 14.2 Å². The smallest absolute Gasteiger partial charge is 0.412 e. The molecule has 6 heteroatoms. The van der Waals surface area contributed by atoms with Crippen molar-refractivity contribution >= 4 is 27.7 Å². The van der Waals surface area contributed by atoms with Crippen LogP contribution in [0.4, 0.5) is 10.5 Å². The van der Waals surface area contributed by atoms with Crippen molar-refractivity contribution in [2.75, 3.05) is 12.1 Å². The van der Waals surface area contributed by atoms with Crippen LogP contribution < -0.4 is 14.8 Å². The lowest BCUT2D eigenvalue weighted by molar-refractivity contribution is 0.0636. The summed E-state index contributed by atoms with van der Waals surface area (Å²) in [6, 6.07) is 3.44. The molecule has 0 saturated carbocycles. The summed E-state index contributed by atoms with van der Waals surface area (Å²) in [6.07, 6.45) is -0.512. The number of carbonyl (C=O) groups is 1. The number of amides is 1. The number of benzene rings is 1. The van der Waals surface area contributed by atoms with E-state index < -0.39 is 11.7 Å². The number of hydrogen-bond acceptors (Lipinski definition) is 4. The summed E-state index contributed by atoms with van der Waals surface area (Å²) in [5.74, 6) is 1.25. The van der Waals surface area contributed by atoms with E-state index in [0.717, 1.165) is 0 Å². The summed E-state index contributed by atoms with van der Waals surface area (Å²) in [5.41, 5.74) is 0.0425. The molecule has 1 aliphatic heterocycles. The molecule has 0 aromatic heterocycles. The lowest BCUT2D eigenvalue weighted by Crippen LogP contribution is -2.27. The van der Waals surface area contributed by atoms with E-state index in [1.807, 2.05) is 0 Å². The van der Waals surface area contributed by atoms with Gasteiger partial charge in [0.1, 0.15) is 5.60 Å². The highest BCUT2D eigenvalue weighted by Gasteiger charge is 2.20. The van der Waals surface area contributed by atoms with Crippen molar-refractivity contribution in [1.82, 2.24) is 0 Å². The quantitative estimate of drug-likeness (QED) is 0.861. The first-order chi connectivity index (χ1) is 8.35. The van der Waals surface area contributed by atoms with Gasteiger partial charge in [-0.3, -0.25) is 5.32 Å². The zero-order valence-corrected chi connectivity index (χ0v) is 12.0. The van der Waals surface area contributed by atoms with Crippen LogP contribution in [0.15, 0.2) is 16.6 Å². The van der Waals surface area contributed by atoms with Gasteiger partial charge >= 0.3 is 6.09 Å². The minimum Gasteiger partial charge on any atom is -0.454 e. The highest BCUT2D eigenvalue weighted by molar-refractivity contribution is 9.10. The molecule has 98 valence electrons. The molecule has 1 aromatic carbocycles. The summed E-state index contributed by atoms with van der Waals surface area (Å²) in [7, 11) is 0. The van der Waals surface area contributed by atoms with Gasteiger partial charge in [0.25, 0.3) is 0 Å². The lowest BCUT2D eigenvalue weighted by Gasteiger charge is -2.20. The van der Waals surface area contributed by atoms with Gasteiger partial charge in [-0.1, -0.05) is 0 Å². The van der Waals surface area contributed by atoms with Gasteiger partial charge in [0.15, 0.2) is 11.5 Å². The molecule has 0 radical (unpaired) electrons. The third-order valence-electron chi connectivity index (χ3n) is 2.10. The number of hydrogen-bond donors (Lipinski definition) is 1. The zero-order chi connectivity index (χ0) is 13.3. The SMILES string of the molecule is CC(C)(C)OC(=O)Nc1cc2c(cc1Br)OCO2. The second-order valence-corrected chi connectivity index (χ2v) is 5.67. The second-order valence-electron chi connectivity index (χ2n) is 4.81. The molecular formula is C12H14BrNO4. The molecule has 0 spiro atoms. The van der Waals surface area contributed by atoms with E-state index in [2.05, 4.69) is 21.2 Å². The minimum atomic E-state index is -0.535. The standard InChI is InChI=1S/C12H14BrNO4/c1-12(2,3)18-11(15)14-8-5-10-9(4-7(8)13)16-6-17-10/h4-5H,6H2,1-3H3,(H,14,15). The van der Waals surface area contributed by atoms with Gasteiger partial charge in [0.05, 0.1) is 5.69 Å². The molecular weight excluding hydrogens is 302 g/mol. The predicted molar refractivity (Wildman–Crippen MR) is 70.1 cm³/mol. The van der Waals surface area contributed by atoms with Crippen LogP contribution in [0.25, 0.3) is 0 Å². The van der Waals surface area contributed by atoms with Crippen molar-refractivity contribution < 1.29 is 19.0 Å². The monoisotopic (exact) mass is 315 g/mol. The number of fused-ring (bicyclic) bond motifs is 1. The lowest BCUT2D eigenvalue weighted by atomic mass is 10.2. The van der Waals surface area contributed by atoms with Crippen molar-refractivity contribution in [3.63, 3.8) is 0 Å². The maximum atomic E-state index is 11.7. The van der Waals surface area contributed by atoms with Gasteiger partial charge < -0.3 is 14.2 Å². The average Bonchev–Trinajstić information content (AvgIpc) is 2.62. The van der Waals surface area contributed by atoms with Crippen molar-refractivity contribution in [2.24, 2.45) is 0 Å². The summed E-state index contributed by atoms with van der Waals surface area (Å²) in [5, 5.41) is 2.65. The first-order valence-corrected chi connectivity index (χ1v) is 6.23. The van der Waals surface area contributed by atoms with Gasteiger partial charge in [-0.05, 0) is 36.7 Å². The largest absolute Gasteiger partial charge is 0.454 e. The minimum absolute atomic E-state index is 0.192. The van der Waals surface area contributed by atoms with Gasteiger partial charge in [-0.25, -0.2) is 4.79 Å². The molecule has 5 nitrogen and oxygen atoms in total. The Labute approximate surface area is 114 Å². The Morgan fingerprint density at radius 1 is 1.33 bits per heavy atom. The van der Waals surface area contributed by atoms with Crippen LogP contribution in [0.2, 0.25) is 0 Å². The number of halogens is 1. The fourth-order valence-corrected chi connectivity index (χ4v) is 1.85. The molecule has 0 bridgehead atoms. The predicted octanol–water partition coefficient (Wildman–Crippen LogP) is 3.52. The Hall–Kier alpha value is -1.43. The fraction of sp³-hybridized carbons (Fsp3) is 0.417. The molecule has 0 atom stereocenters. The van der Waals surface area contributed by atoms with E-state index in [1.165, 1.54) is 0 Å². The second kappa shape index (κ2) is 4.68. The molecule has 1 N–H and O–H groups in total. The molecule has 2 rings (SSSR count). The molecule has 0 aliphatic carbocycles. The van der Waals surface area contributed by atoms with Crippen molar-refractivity contribution in [2.45, 2.75) is 26.4 Å². The fourth-order valence-electron chi connectivity index (χ4n) is 1.43. The van der Waals surface area contributed by atoms with Crippen molar-refractivity contribution in [3.8, 4) is 11.5 Å². The molecule has 0 fully saturated rings. The van der Waals surface area contributed by atoms with Crippen molar-refractivity contribution in [1.29, 1.82) is 0 Å². The highest BCUT2D eigenvalue weighted by Crippen LogP contribution is 2.39. The van der Waals surface area contributed by atoms with Crippen LogP contribution in [0.1, 0.15) is 20.8 Å². The Bertz CT molecular complexity index is 482. The maximum Gasteiger partial charge on any atom is 0.412 e. The number of rotatable bonds is 1. The van der Waals surface area contributed by atoms with E-state index >= 15 is 0 Å². The van der Waals surface area contributed by atoms with Crippen LogP contribution in [-0.4, -0.2) is 18.5 Å². The van der Waals surface area contributed by atoms with Crippen LogP contribution in [0, 0.1) is 0 Å². The van der Waals surface area contributed by atoms with E-state index in [1.54, 1.807) is 32.9 Å². The first kappa shape index (κ1) is 13.0. The summed E-state index contributed by atoms with van der Waals surface area (Å²) >= 11 is 3.35. The number of carbonyl (C=O) groups excluding carboxylic acids is 1. The van der Waals surface area contributed by atoms with E-state index in [9.17, 15) is 4.79 Å². The molecule has 1 heterocycles. The zero-order valence-electron chi connectivity index (χ0n) is 10.4. The van der Waals surface area contributed by atoms with Gasteiger partial charge in [0, 0.05) is 16.6 Å². The number of nitrogens with one attached hydrogen (secondary N) is 1. The first-order valence-electron chi connectivity index (χ1n) is 5.44. The Morgan fingerprint density at radius 3 is 2.56 bits per heavy atom. The molecule has 1 aliphatic rings. The third-order valence-corrected chi connectivity index (χ3v) is 2.75. The number of anilines is 1. The normalized spacial score (nSPS) is 13.3. The molecule has 0 unspecified atom stereocenters. The van der Waals surface area contributed by atoms with Crippen molar-refractivity contribution in [3.05, 3.63) is 16.6 Å². The number of ether oxygens (including phenoxy) is 3. The molecule has 0 saturated heterocycles. The summed E-state index contributed by atoms with van der Waals surface area (Å²) in [6.45, 7) is 5.61.